The maximum absolute atomic E-state index is 15.0. The first-order valence-corrected chi connectivity index (χ1v) is 11.6. The number of Topliss-reactive ketones (excluding diaryl/α,β-unsaturated/α-hetero) is 1. The number of ketones is 1. The summed E-state index contributed by atoms with van der Waals surface area (Å²) < 4.78 is 35.2. The zero-order chi connectivity index (χ0) is 26.7. The summed E-state index contributed by atoms with van der Waals surface area (Å²) in [6.07, 6.45) is -4.40. The van der Waals surface area contributed by atoms with Crippen molar-refractivity contribution in [3.63, 3.8) is 0 Å². The first-order valence-electron chi connectivity index (χ1n) is 11.6. The van der Waals surface area contributed by atoms with E-state index in [0.717, 1.165) is 5.56 Å². The van der Waals surface area contributed by atoms with Crippen LogP contribution in [0.4, 0.5) is 13.6 Å². The topological polar surface area (TPSA) is 131 Å². The summed E-state index contributed by atoms with van der Waals surface area (Å²) in [5.74, 6) is -6.32. The largest absolute Gasteiger partial charge is 0.445 e. The quantitative estimate of drug-likeness (QED) is 0.310. The fourth-order valence-corrected chi connectivity index (χ4v) is 3.48. The van der Waals surface area contributed by atoms with E-state index >= 15 is 8.78 Å². The van der Waals surface area contributed by atoms with Gasteiger partial charge in [0, 0.05) is 6.54 Å². The summed E-state index contributed by atoms with van der Waals surface area (Å²) >= 11 is 0. The molecule has 2 rings (SSSR count). The first kappa shape index (κ1) is 28.9. The number of alkyl carbamates (subject to hydrolysis) is 1. The predicted octanol–water partition coefficient (Wildman–Crippen LogP) is 2.93. The van der Waals surface area contributed by atoms with Gasteiger partial charge in [-0.15, -0.1) is 0 Å². The lowest BCUT2D eigenvalue weighted by molar-refractivity contribution is -0.155. The average Bonchev–Trinajstić information content (AvgIpc) is 2.85. The zero-order valence-electron chi connectivity index (χ0n) is 20.3. The number of hydrogen-bond acceptors (Lipinski definition) is 6. The molecule has 3 unspecified atom stereocenters. The summed E-state index contributed by atoms with van der Waals surface area (Å²) in [6, 6.07) is 13.7. The minimum Gasteiger partial charge on any atom is -0.445 e. The van der Waals surface area contributed by atoms with Gasteiger partial charge in [0.2, 0.25) is 5.91 Å². The molecule has 3 atom stereocenters. The minimum atomic E-state index is -4.12. The molecule has 36 heavy (non-hydrogen) atoms. The number of rotatable bonds is 13. The molecule has 0 heterocycles. The van der Waals surface area contributed by atoms with Crippen LogP contribution in [0.25, 0.3) is 0 Å². The molecule has 8 nitrogen and oxygen atoms in total. The number of amides is 2. The lowest BCUT2D eigenvalue weighted by atomic mass is 9.90. The number of aliphatic hydroxyl groups is 1. The summed E-state index contributed by atoms with van der Waals surface area (Å²) in [6.45, 7) is 3.46. The Morgan fingerprint density at radius 1 is 1.00 bits per heavy atom. The van der Waals surface area contributed by atoms with Crippen molar-refractivity contribution in [2.24, 2.45) is 11.7 Å². The molecule has 2 amide bonds. The van der Waals surface area contributed by atoms with Crippen molar-refractivity contribution in [3.8, 4) is 0 Å². The molecule has 2 aromatic rings. The van der Waals surface area contributed by atoms with Gasteiger partial charge in [0.05, 0.1) is 12.5 Å². The molecule has 5 N–H and O–H groups in total. The van der Waals surface area contributed by atoms with Crippen LogP contribution in [-0.4, -0.2) is 47.0 Å². The number of carbonyl (C=O) groups is 3. The minimum absolute atomic E-state index is 0.0321. The maximum Gasteiger partial charge on any atom is 0.407 e. The van der Waals surface area contributed by atoms with Gasteiger partial charge >= 0.3 is 6.09 Å². The number of benzene rings is 2. The lowest BCUT2D eigenvalue weighted by Crippen LogP contribution is -2.61. The summed E-state index contributed by atoms with van der Waals surface area (Å²) in [7, 11) is 0. The smallest absolute Gasteiger partial charge is 0.407 e. The Kier molecular flexibility index (Phi) is 10.9. The van der Waals surface area contributed by atoms with Crippen LogP contribution in [0.15, 0.2) is 60.7 Å². The summed E-state index contributed by atoms with van der Waals surface area (Å²) in [5, 5.41) is 15.2. The van der Waals surface area contributed by atoms with E-state index in [-0.39, 0.29) is 25.5 Å². The number of halogens is 2. The van der Waals surface area contributed by atoms with Gasteiger partial charge in [0.15, 0.2) is 5.78 Å². The van der Waals surface area contributed by atoms with Crippen LogP contribution in [0.1, 0.15) is 37.8 Å². The van der Waals surface area contributed by atoms with Gasteiger partial charge in [-0.1, -0.05) is 74.5 Å². The molecule has 0 saturated carbocycles. The van der Waals surface area contributed by atoms with E-state index in [9.17, 15) is 19.5 Å². The van der Waals surface area contributed by atoms with E-state index in [1.165, 1.54) is 0 Å². The Balaban J connectivity index is 1.97. The predicted molar refractivity (Wildman–Crippen MR) is 130 cm³/mol. The monoisotopic (exact) mass is 505 g/mol. The van der Waals surface area contributed by atoms with E-state index in [0.29, 0.717) is 5.56 Å². The molecular weight excluding hydrogens is 472 g/mol. The van der Waals surface area contributed by atoms with Crippen LogP contribution in [0, 0.1) is 5.92 Å². The van der Waals surface area contributed by atoms with Crippen LogP contribution in [0.5, 0.6) is 0 Å². The molecule has 0 aliphatic heterocycles. The van der Waals surface area contributed by atoms with E-state index in [1.54, 1.807) is 74.5 Å². The average molecular weight is 506 g/mol. The number of nitrogens with one attached hydrogen (secondary N) is 2. The van der Waals surface area contributed by atoms with Crippen molar-refractivity contribution in [3.05, 3.63) is 71.8 Å². The number of aliphatic hydroxyl groups excluding tert-OH is 1. The molecule has 0 fully saturated rings. The van der Waals surface area contributed by atoms with Crippen molar-refractivity contribution >= 4 is 17.8 Å². The highest BCUT2D eigenvalue weighted by atomic mass is 19.3. The number of alkyl halides is 2. The highest BCUT2D eigenvalue weighted by Crippen LogP contribution is 2.28. The highest BCUT2D eigenvalue weighted by Gasteiger charge is 2.51. The molecule has 0 spiro atoms. The van der Waals surface area contributed by atoms with Gasteiger partial charge in [-0.05, 0) is 23.5 Å². The number of nitrogens with two attached hydrogens (primary N) is 1. The highest BCUT2D eigenvalue weighted by molar-refractivity contribution is 6.01. The SMILES string of the molecule is CC(C)CC(NC(=O)OCc1ccccc1)C(O)C(F)(F)C(N)C(=O)CC(=O)NCc1ccccc1. The van der Waals surface area contributed by atoms with Gasteiger partial charge in [-0.25, -0.2) is 13.6 Å². The van der Waals surface area contributed by atoms with Crippen LogP contribution in [0.3, 0.4) is 0 Å². The van der Waals surface area contributed by atoms with Crippen LogP contribution >= 0.6 is 0 Å². The Hall–Kier alpha value is -3.37. The van der Waals surface area contributed by atoms with Crippen molar-refractivity contribution < 1.29 is 33.0 Å². The van der Waals surface area contributed by atoms with Crippen LogP contribution < -0.4 is 16.4 Å². The van der Waals surface area contributed by atoms with Crippen LogP contribution in [-0.2, 0) is 27.5 Å². The fourth-order valence-electron chi connectivity index (χ4n) is 3.48. The van der Waals surface area contributed by atoms with Gasteiger partial charge in [0.1, 0.15) is 18.8 Å². The number of hydrogen-bond donors (Lipinski definition) is 4. The van der Waals surface area contributed by atoms with Crippen molar-refractivity contribution in [2.75, 3.05) is 0 Å². The molecule has 196 valence electrons. The van der Waals surface area contributed by atoms with E-state index in [2.05, 4.69) is 10.6 Å². The Labute approximate surface area is 209 Å². The second kappa shape index (κ2) is 13.6. The zero-order valence-corrected chi connectivity index (χ0v) is 20.3. The van der Waals surface area contributed by atoms with Gasteiger partial charge in [0.25, 0.3) is 5.92 Å². The molecular formula is C26H33F2N3O5. The molecule has 0 aliphatic rings. The third kappa shape index (κ3) is 9.01. The molecule has 0 radical (unpaired) electrons. The first-order chi connectivity index (χ1) is 17.0. The molecule has 2 aromatic carbocycles. The normalized spacial score (nSPS) is 14.0. The molecule has 0 bridgehead atoms. The second-order valence-corrected chi connectivity index (χ2v) is 8.94. The van der Waals surface area contributed by atoms with Crippen molar-refractivity contribution in [1.29, 1.82) is 0 Å². The third-order valence-electron chi connectivity index (χ3n) is 5.45. The standard InChI is InChI=1S/C26H33F2N3O5/c1-17(2)13-20(31-25(35)36-16-19-11-7-4-8-12-19)24(34)26(27,28)23(29)21(32)14-22(33)30-15-18-9-5-3-6-10-18/h3-12,17,20,23-24,34H,13-16,29H2,1-2H3,(H,30,33)(H,31,35). The van der Waals surface area contributed by atoms with Gasteiger partial charge in [-0.3, -0.25) is 9.59 Å². The lowest BCUT2D eigenvalue weighted by Gasteiger charge is -2.33. The summed E-state index contributed by atoms with van der Waals surface area (Å²) in [5.41, 5.74) is 6.96. The van der Waals surface area contributed by atoms with Crippen molar-refractivity contribution in [2.45, 2.75) is 64.0 Å². The Morgan fingerprint density at radius 2 is 1.56 bits per heavy atom. The van der Waals surface area contributed by atoms with Gasteiger partial charge < -0.3 is 26.2 Å². The molecule has 10 heteroatoms. The number of ether oxygens (including phenoxy) is 1. The van der Waals surface area contributed by atoms with Crippen LogP contribution in [0.2, 0.25) is 0 Å². The molecule has 0 aliphatic carbocycles. The Morgan fingerprint density at radius 3 is 2.11 bits per heavy atom. The molecule has 0 saturated heterocycles. The van der Waals surface area contributed by atoms with E-state index in [1.807, 2.05) is 0 Å². The number of carbonyl (C=O) groups excluding carboxylic acids is 3. The maximum atomic E-state index is 15.0. The molecule has 0 aromatic heterocycles. The van der Waals surface area contributed by atoms with E-state index in [4.69, 9.17) is 10.5 Å². The Bertz CT molecular complexity index is 990. The van der Waals surface area contributed by atoms with Gasteiger partial charge in [-0.2, -0.15) is 0 Å². The van der Waals surface area contributed by atoms with Crippen molar-refractivity contribution in [1.82, 2.24) is 10.6 Å². The fraction of sp³-hybridized carbons (Fsp3) is 0.423. The third-order valence-corrected chi connectivity index (χ3v) is 5.45. The second-order valence-electron chi connectivity index (χ2n) is 8.94. The summed E-state index contributed by atoms with van der Waals surface area (Å²) in [4.78, 5) is 36.7. The van der Waals surface area contributed by atoms with E-state index < -0.39 is 48.3 Å².